The van der Waals surface area contributed by atoms with Gasteiger partial charge in [0.25, 0.3) is 0 Å². The largest absolute Gasteiger partial charge is 0.299 e. The molecule has 1 aromatic rings. The SMILES string of the molecule is CC(=O)[C@H](C)c1ccccc1Cl. The van der Waals surface area contributed by atoms with E-state index < -0.39 is 0 Å². The summed E-state index contributed by atoms with van der Waals surface area (Å²) in [4.78, 5) is 11.0. The third-order valence-corrected chi connectivity index (χ3v) is 2.33. The summed E-state index contributed by atoms with van der Waals surface area (Å²) in [6.45, 7) is 3.44. The number of benzene rings is 1. The molecule has 1 rings (SSSR count). The highest BCUT2D eigenvalue weighted by Gasteiger charge is 2.12. The minimum Gasteiger partial charge on any atom is -0.299 e. The number of ketones is 1. The standard InChI is InChI=1S/C10H11ClO/c1-7(8(2)12)9-5-3-4-6-10(9)11/h3-7H,1-2H3/t7-/m0/s1. The molecule has 0 saturated carbocycles. The Hall–Kier alpha value is -0.820. The summed E-state index contributed by atoms with van der Waals surface area (Å²) < 4.78 is 0. The van der Waals surface area contributed by atoms with E-state index in [0.717, 1.165) is 5.56 Å². The van der Waals surface area contributed by atoms with E-state index in [9.17, 15) is 4.79 Å². The molecule has 0 aliphatic carbocycles. The molecule has 1 atom stereocenters. The van der Waals surface area contributed by atoms with E-state index in [1.165, 1.54) is 0 Å². The number of rotatable bonds is 2. The zero-order chi connectivity index (χ0) is 9.14. The number of carbonyl (C=O) groups is 1. The van der Waals surface area contributed by atoms with E-state index in [1.807, 2.05) is 25.1 Å². The lowest BCUT2D eigenvalue weighted by Gasteiger charge is -2.08. The summed E-state index contributed by atoms with van der Waals surface area (Å²) in [6, 6.07) is 7.43. The van der Waals surface area contributed by atoms with Crippen LogP contribution >= 0.6 is 11.6 Å². The molecule has 0 fully saturated rings. The van der Waals surface area contributed by atoms with Gasteiger partial charge in [0.2, 0.25) is 0 Å². The molecular formula is C10H11ClO. The van der Waals surface area contributed by atoms with E-state index in [-0.39, 0.29) is 11.7 Å². The Labute approximate surface area is 77.4 Å². The van der Waals surface area contributed by atoms with Gasteiger partial charge in [0.05, 0.1) is 0 Å². The van der Waals surface area contributed by atoms with Crippen molar-refractivity contribution in [3.8, 4) is 0 Å². The average Bonchev–Trinajstić information content (AvgIpc) is 2.04. The van der Waals surface area contributed by atoms with E-state index in [1.54, 1.807) is 13.0 Å². The summed E-state index contributed by atoms with van der Waals surface area (Å²) in [6.07, 6.45) is 0. The fourth-order valence-corrected chi connectivity index (χ4v) is 1.34. The summed E-state index contributed by atoms with van der Waals surface area (Å²) >= 11 is 5.91. The second-order valence-corrected chi connectivity index (χ2v) is 3.26. The fourth-order valence-electron chi connectivity index (χ4n) is 1.05. The van der Waals surface area contributed by atoms with Crippen LogP contribution in [0.15, 0.2) is 24.3 Å². The van der Waals surface area contributed by atoms with Gasteiger partial charge in [0, 0.05) is 10.9 Å². The molecule has 0 aliphatic rings. The molecule has 0 saturated heterocycles. The number of carbonyl (C=O) groups excluding carboxylic acids is 1. The van der Waals surface area contributed by atoms with E-state index in [0.29, 0.717) is 5.02 Å². The molecule has 0 heterocycles. The molecule has 0 N–H and O–H groups in total. The smallest absolute Gasteiger partial charge is 0.137 e. The van der Waals surface area contributed by atoms with Crippen molar-refractivity contribution in [1.82, 2.24) is 0 Å². The first-order chi connectivity index (χ1) is 5.63. The number of hydrogen-bond acceptors (Lipinski definition) is 1. The van der Waals surface area contributed by atoms with Crippen LogP contribution in [-0.4, -0.2) is 5.78 Å². The monoisotopic (exact) mass is 182 g/mol. The lowest BCUT2D eigenvalue weighted by molar-refractivity contribution is -0.118. The molecule has 1 nitrogen and oxygen atoms in total. The molecule has 0 radical (unpaired) electrons. The van der Waals surface area contributed by atoms with Crippen molar-refractivity contribution in [3.05, 3.63) is 34.9 Å². The second kappa shape index (κ2) is 3.72. The lowest BCUT2D eigenvalue weighted by Crippen LogP contribution is -2.04. The van der Waals surface area contributed by atoms with E-state index in [2.05, 4.69) is 0 Å². The van der Waals surface area contributed by atoms with Crippen molar-refractivity contribution in [2.75, 3.05) is 0 Å². The molecule has 0 spiro atoms. The summed E-state index contributed by atoms with van der Waals surface area (Å²) in [7, 11) is 0. The minimum absolute atomic E-state index is 0.0984. The molecule has 0 bridgehead atoms. The van der Waals surface area contributed by atoms with Crippen LogP contribution in [0.2, 0.25) is 5.02 Å². The van der Waals surface area contributed by atoms with Gasteiger partial charge >= 0.3 is 0 Å². The number of hydrogen-bond donors (Lipinski definition) is 0. The molecule has 0 aromatic heterocycles. The highest BCUT2D eigenvalue weighted by molar-refractivity contribution is 6.31. The third-order valence-electron chi connectivity index (χ3n) is 1.98. The minimum atomic E-state index is -0.0984. The van der Waals surface area contributed by atoms with Gasteiger partial charge in [-0.15, -0.1) is 0 Å². The quantitative estimate of drug-likeness (QED) is 0.687. The van der Waals surface area contributed by atoms with Gasteiger partial charge in [0.15, 0.2) is 0 Å². The van der Waals surface area contributed by atoms with Crippen molar-refractivity contribution >= 4 is 17.4 Å². The Morgan fingerprint density at radius 2 is 2.00 bits per heavy atom. The van der Waals surface area contributed by atoms with Crippen molar-refractivity contribution in [2.24, 2.45) is 0 Å². The molecule has 0 aliphatic heterocycles. The normalized spacial score (nSPS) is 12.6. The maximum Gasteiger partial charge on any atom is 0.137 e. The van der Waals surface area contributed by atoms with Gasteiger partial charge in [-0.2, -0.15) is 0 Å². The van der Waals surface area contributed by atoms with Crippen molar-refractivity contribution < 1.29 is 4.79 Å². The molecule has 12 heavy (non-hydrogen) atoms. The summed E-state index contributed by atoms with van der Waals surface area (Å²) in [5.74, 6) is 0.0433. The average molecular weight is 183 g/mol. The van der Waals surface area contributed by atoms with Gasteiger partial charge in [-0.3, -0.25) is 4.79 Å². The Bertz CT molecular complexity index is 294. The van der Waals surface area contributed by atoms with Crippen LogP contribution in [0.3, 0.4) is 0 Å². The van der Waals surface area contributed by atoms with Crippen LogP contribution in [0.25, 0.3) is 0 Å². The molecule has 0 amide bonds. The van der Waals surface area contributed by atoms with Crippen LogP contribution in [-0.2, 0) is 4.79 Å². The van der Waals surface area contributed by atoms with Crippen molar-refractivity contribution in [2.45, 2.75) is 19.8 Å². The number of Topliss-reactive ketones (excluding diaryl/α,β-unsaturated/α-hetero) is 1. The first-order valence-corrected chi connectivity index (χ1v) is 4.25. The fraction of sp³-hybridized carbons (Fsp3) is 0.300. The maximum atomic E-state index is 11.0. The maximum absolute atomic E-state index is 11.0. The Kier molecular flexibility index (Phi) is 2.88. The third kappa shape index (κ3) is 1.86. The van der Waals surface area contributed by atoms with Crippen molar-refractivity contribution in [3.63, 3.8) is 0 Å². The van der Waals surface area contributed by atoms with Gasteiger partial charge in [-0.25, -0.2) is 0 Å². The predicted molar refractivity (Wildman–Crippen MR) is 50.5 cm³/mol. The second-order valence-electron chi connectivity index (χ2n) is 2.85. The first-order valence-electron chi connectivity index (χ1n) is 3.88. The van der Waals surface area contributed by atoms with Gasteiger partial charge < -0.3 is 0 Å². The zero-order valence-electron chi connectivity index (χ0n) is 7.17. The van der Waals surface area contributed by atoms with E-state index >= 15 is 0 Å². The van der Waals surface area contributed by atoms with Gasteiger partial charge in [0.1, 0.15) is 5.78 Å². The van der Waals surface area contributed by atoms with Gasteiger partial charge in [-0.05, 0) is 18.6 Å². The summed E-state index contributed by atoms with van der Waals surface area (Å²) in [5, 5.41) is 0.667. The van der Waals surface area contributed by atoms with Crippen LogP contribution in [0.4, 0.5) is 0 Å². The van der Waals surface area contributed by atoms with Gasteiger partial charge in [-0.1, -0.05) is 36.7 Å². The highest BCUT2D eigenvalue weighted by atomic mass is 35.5. The Balaban J connectivity index is 3.02. The van der Waals surface area contributed by atoms with Crippen LogP contribution in [0, 0.1) is 0 Å². The predicted octanol–water partition coefficient (Wildman–Crippen LogP) is 3.03. The Morgan fingerprint density at radius 3 is 2.50 bits per heavy atom. The molecule has 0 unspecified atom stereocenters. The molecule has 1 aromatic carbocycles. The zero-order valence-corrected chi connectivity index (χ0v) is 7.93. The summed E-state index contributed by atoms with van der Waals surface area (Å²) in [5.41, 5.74) is 0.909. The number of halogens is 1. The van der Waals surface area contributed by atoms with E-state index in [4.69, 9.17) is 11.6 Å². The van der Waals surface area contributed by atoms with Crippen LogP contribution in [0.1, 0.15) is 25.3 Å². The first kappa shape index (κ1) is 9.27. The Morgan fingerprint density at radius 1 is 1.42 bits per heavy atom. The topological polar surface area (TPSA) is 17.1 Å². The highest BCUT2D eigenvalue weighted by Crippen LogP contribution is 2.24. The molecular weight excluding hydrogens is 172 g/mol. The molecule has 2 heteroatoms. The van der Waals surface area contributed by atoms with Crippen LogP contribution in [0.5, 0.6) is 0 Å². The molecule has 64 valence electrons. The van der Waals surface area contributed by atoms with Crippen molar-refractivity contribution in [1.29, 1.82) is 0 Å². The van der Waals surface area contributed by atoms with Crippen LogP contribution < -0.4 is 0 Å². The lowest BCUT2D eigenvalue weighted by atomic mass is 9.98.